The van der Waals surface area contributed by atoms with E-state index in [9.17, 15) is 9.90 Å². The minimum atomic E-state index is -0.116. The molecule has 2 N–H and O–H groups in total. The van der Waals surface area contributed by atoms with Gasteiger partial charge in [0.05, 0.1) is 5.56 Å². The number of phenolic OH excluding ortho intramolecular Hbond substituents is 1. The number of benzene rings is 2. The molecule has 0 atom stereocenters. The maximum Gasteiger partial charge on any atom is 0.252 e. The molecule has 1 aliphatic rings. The van der Waals surface area contributed by atoms with Crippen LogP contribution < -0.4 is 5.32 Å². The van der Waals surface area contributed by atoms with Crippen LogP contribution >= 0.6 is 0 Å². The molecule has 0 saturated carbocycles. The molecule has 1 amide bonds. The van der Waals surface area contributed by atoms with E-state index in [1.807, 2.05) is 18.2 Å². The van der Waals surface area contributed by atoms with Crippen molar-refractivity contribution in [2.24, 2.45) is 0 Å². The van der Waals surface area contributed by atoms with Crippen molar-refractivity contribution in [2.75, 3.05) is 0 Å². The highest BCUT2D eigenvalue weighted by Crippen LogP contribution is 2.29. The van der Waals surface area contributed by atoms with Crippen molar-refractivity contribution in [3.8, 4) is 5.75 Å². The Morgan fingerprint density at radius 3 is 3.00 bits per heavy atom. The van der Waals surface area contributed by atoms with Gasteiger partial charge in [-0.1, -0.05) is 18.2 Å². The molecular formula is C12H9NO2. The number of hydrogen-bond acceptors (Lipinski definition) is 2. The quantitative estimate of drug-likeness (QED) is 0.679. The van der Waals surface area contributed by atoms with Crippen molar-refractivity contribution in [3.05, 3.63) is 41.5 Å². The van der Waals surface area contributed by atoms with Gasteiger partial charge in [-0.3, -0.25) is 4.79 Å². The zero-order chi connectivity index (χ0) is 10.4. The lowest BCUT2D eigenvalue weighted by Crippen LogP contribution is -2.27. The molecule has 0 bridgehead atoms. The topological polar surface area (TPSA) is 49.3 Å². The first-order valence-corrected chi connectivity index (χ1v) is 4.78. The van der Waals surface area contributed by atoms with Gasteiger partial charge >= 0.3 is 0 Å². The Kier molecular flexibility index (Phi) is 1.51. The Bertz CT molecular complexity index is 575. The second-order valence-electron chi connectivity index (χ2n) is 3.69. The van der Waals surface area contributed by atoms with E-state index in [0.717, 1.165) is 16.3 Å². The van der Waals surface area contributed by atoms with Crippen LogP contribution in [0.3, 0.4) is 0 Å². The summed E-state index contributed by atoms with van der Waals surface area (Å²) in [5.74, 6) is 0.0151. The van der Waals surface area contributed by atoms with E-state index in [-0.39, 0.29) is 11.7 Å². The molecule has 15 heavy (non-hydrogen) atoms. The minimum absolute atomic E-state index is 0.116. The van der Waals surface area contributed by atoms with Crippen LogP contribution in [0.25, 0.3) is 10.8 Å². The van der Waals surface area contributed by atoms with Crippen LogP contribution in [0, 0.1) is 0 Å². The summed E-state index contributed by atoms with van der Waals surface area (Å²) >= 11 is 0. The molecule has 3 nitrogen and oxygen atoms in total. The van der Waals surface area contributed by atoms with E-state index in [1.165, 1.54) is 6.07 Å². The third-order valence-electron chi connectivity index (χ3n) is 2.73. The Morgan fingerprint density at radius 1 is 1.27 bits per heavy atom. The lowest BCUT2D eigenvalue weighted by molar-refractivity contribution is 0.0949. The average Bonchev–Trinajstić information content (AvgIpc) is 2.23. The van der Waals surface area contributed by atoms with E-state index >= 15 is 0 Å². The molecule has 2 aromatic rings. The van der Waals surface area contributed by atoms with Crippen molar-refractivity contribution in [1.82, 2.24) is 5.32 Å². The van der Waals surface area contributed by atoms with Crippen LogP contribution in [-0.2, 0) is 6.54 Å². The molecule has 0 saturated heterocycles. The predicted octanol–water partition coefficient (Wildman–Crippen LogP) is 1.79. The maximum absolute atomic E-state index is 11.6. The van der Waals surface area contributed by atoms with Gasteiger partial charge in [0.15, 0.2) is 0 Å². The molecule has 74 valence electrons. The SMILES string of the molecule is O=C1NCc2cccc3cc(O)cc1c23. The highest BCUT2D eigenvalue weighted by atomic mass is 16.3. The van der Waals surface area contributed by atoms with Gasteiger partial charge in [0.2, 0.25) is 0 Å². The first-order chi connectivity index (χ1) is 7.25. The second kappa shape index (κ2) is 2.73. The summed E-state index contributed by atoms with van der Waals surface area (Å²) < 4.78 is 0. The molecule has 3 rings (SSSR count). The second-order valence-corrected chi connectivity index (χ2v) is 3.69. The van der Waals surface area contributed by atoms with E-state index in [4.69, 9.17) is 0 Å². The zero-order valence-corrected chi connectivity index (χ0v) is 7.95. The van der Waals surface area contributed by atoms with Crippen LogP contribution in [0.15, 0.2) is 30.3 Å². The van der Waals surface area contributed by atoms with Crippen molar-refractivity contribution >= 4 is 16.7 Å². The smallest absolute Gasteiger partial charge is 0.252 e. The van der Waals surface area contributed by atoms with Gasteiger partial charge in [-0.05, 0) is 28.5 Å². The zero-order valence-electron chi connectivity index (χ0n) is 7.95. The minimum Gasteiger partial charge on any atom is -0.508 e. The Balaban J connectivity index is 2.52. The summed E-state index contributed by atoms with van der Waals surface area (Å²) in [6, 6.07) is 9.02. The Labute approximate surface area is 86.3 Å². The molecular weight excluding hydrogens is 190 g/mol. The molecule has 1 aliphatic heterocycles. The fourth-order valence-corrected chi connectivity index (χ4v) is 2.09. The number of rotatable bonds is 0. The van der Waals surface area contributed by atoms with Gasteiger partial charge in [-0.15, -0.1) is 0 Å². The molecule has 0 aliphatic carbocycles. The van der Waals surface area contributed by atoms with Gasteiger partial charge in [-0.25, -0.2) is 0 Å². The third kappa shape index (κ3) is 1.09. The van der Waals surface area contributed by atoms with E-state index < -0.39 is 0 Å². The van der Waals surface area contributed by atoms with Gasteiger partial charge in [0, 0.05) is 6.54 Å². The fourth-order valence-electron chi connectivity index (χ4n) is 2.09. The lowest BCUT2D eigenvalue weighted by Gasteiger charge is -2.17. The van der Waals surface area contributed by atoms with E-state index in [1.54, 1.807) is 6.07 Å². The number of carbonyl (C=O) groups excluding carboxylic acids is 1. The number of amides is 1. The van der Waals surface area contributed by atoms with E-state index in [2.05, 4.69) is 5.32 Å². The molecule has 2 aromatic carbocycles. The van der Waals surface area contributed by atoms with Crippen LogP contribution in [0.2, 0.25) is 0 Å². The van der Waals surface area contributed by atoms with Gasteiger partial charge in [0.1, 0.15) is 5.75 Å². The maximum atomic E-state index is 11.6. The number of aromatic hydroxyl groups is 1. The number of phenols is 1. The molecule has 0 unspecified atom stereocenters. The molecule has 3 heteroatoms. The summed E-state index contributed by atoms with van der Waals surface area (Å²) in [5, 5.41) is 14.1. The fraction of sp³-hybridized carbons (Fsp3) is 0.0833. The standard InChI is InChI=1S/C12H9NO2/c14-9-4-7-2-1-3-8-6-13-12(15)10(5-9)11(7)8/h1-5,14H,6H2,(H,13,15). The van der Waals surface area contributed by atoms with Crippen molar-refractivity contribution in [2.45, 2.75) is 6.54 Å². The van der Waals surface area contributed by atoms with Crippen molar-refractivity contribution in [3.63, 3.8) is 0 Å². The van der Waals surface area contributed by atoms with Crippen LogP contribution in [0.4, 0.5) is 0 Å². The lowest BCUT2D eigenvalue weighted by atomic mass is 9.95. The Hall–Kier alpha value is -2.03. The van der Waals surface area contributed by atoms with Crippen LogP contribution in [0.5, 0.6) is 5.75 Å². The third-order valence-corrected chi connectivity index (χ3v) is 2.73. The Morgan fingerprint density at radius 2 is 2.13 bits per heavy atom. The first-order valence-electron chi connectivity index (χ1n) is 4.78. The van der Waals surface area contributed by atoms with Gasteiger partial charge in [0.25, 0.3) is 5.91 Å². The highest BCUT2D eigenvalue weighted by Gasteiger charge is 2.18. The molecule has 1 heterocycles. The normalized spacial score (nSPS) is 14.0. The van der Waals surface area contributed by atoms with Crippen molar-refractivity contribution in [1.29, 1.82) is 0 Å². The summed E-state index contributed by atoms with van der Waals surface area (Å²) in [6.07, 6.45) is 0. The summed E-state index contributed by atoms with van der Waals surface area (Å²) in [6.45, 7) is 0.563. The molecule has 0 fully saturated rings. The highest BCUT2D eigenvalue weighted by molar-refractivity contribution is 6.10. The van der Waals surface area contributed by atoms with E-state index in [0.29, 0.717) is 12.1 Å². The number of hydrogen-bond donors (Lipinski definition) is 2. The molecule has 0 aromatic heterocycles. The van der Waals surface area contributed by atoms with Crippen LogP contribution in [-0.4, -0.2) is 11.0 Å². The van der Waals surface area contributed by atoms with Gasteiger partial charge in [-0.2, -0.15) is 0 Å². The number of carbonyl (C=O) groups is 1. The summed E-state index contributed by atoms with van der Waals surface area (Å²) in [7, 11) is 0. The predicted molar refractivity (Wildman–Crippen MR) is 56.8 cm³/mol. The van der Waals surface area contributed by atoms with Crippen molar-refractivity contribution < 1.29 is 9.90 Å². The molecule has 0 radical (unpaired) electrons. The average molecular weight is 199 g/mol. The van der Waals surface area contributed by atoms with Gasteiger partial charge < -0.3 is 10.4 Å². The molecule has 0 spiro atoms. The first kappa shape index (κ1) is 8.29. The van der Waals surface area contributed by atoms with Crippen LogP contribution in [0.1, 0.15) is 15.9 Å². The summed E-state index contributed by atoms with van der Waals surface area (Å²) in [4.78, 5) is 11.6. The largest absolute Gasteiger partial charge is 0.508 e. The number of nitrogens with one attached hydrogen (secondary N) is 1. The summed E-state index contributed by atoms with van der Waals surface area (Å²) in [5.41, 5.74) is 1.66. The monoisotopic (exact) mass is 199 g/mol.